The molecule has 0 saturated carbocycles. The molecule has 0 aromatic heterocycles. The van der Waals surface area contributed by atoms with E-state index in [9.17, 15) is 4.79 Å². The zero-order chi connectivity index (χ0) is 16.1. The first-order valence-corrected chi connectivity index (χ1v) is 8.41. The zero-order valence-corrected chi connectivity index (χ0v) is 13.7. The van der Waals surface area contributed by atoms with Gasteiger partial charge < -0.3 is 10.2 Å². The first-order chi connectivity index (χ1) is 11.3. The summed E-state index contributed by atoms with van der Waals surface area (Å²) in [5.74, 6) is 0.157. The number of amides is 1. The number of nitrogens with one attached hydrogen (secondary N) is 1. The standard InChI is InChI=1S/C20H24N2O/c1-21-15-17-11-7-8-14-22(17)20(23)19-13-6-5-12-18(19)16-9-3-2-4-10-16/h2-6,9-10,12-13,17,21H,7-8,11,14-15H2,1H3. The molecule has 2 aromatic carbocycles. The highest BCUT2D eigenvalue weighted by Gasteiger charge is 2.28. The largest absolute Gasteiger partial charge is 0.334 e. The van der Waals surface area contributed by atoms with Crippen LogP contribution in [-0.4, -0.2) is 37.0 Å². The van der Waals surface area contributed by atoms with E-state index in [4.69, 9.17) is 0 Å². The van der Waals surface area contributed by atoms with Crippen LogP contribution >= 0.6 is 0 Å². The Morgan fingerprint density at radius 2 is 1.83 bits per heavy atom. The maximum Gasteiger partial charge on any atom is 0.254 e. The Morgan fingerprint density at radius 1 is 1.09 bits per heavy atom. The second kappa shape index (κ2) is 7.42. The highest BCUT2D eigenvalue weighted by atomic mass is 16.2. The summed E-state index contributed by atoms with van der Waals surface area (Å²) >= 11 is 0. The maximum absolute atomic E-state index is 13.2. The Balaban J connectivity index is 1.93. The summed E-state index contributed by atoms with van der Waals surface area (Å²) in [6, 6.07) is 18.4. The van der Waals surface area contributed by atoms with Gasteiger partial charge in [0, 0.05) is 24.7 Å². The van der Waals surface area contributed by atoms with Crippen molar-refractivity contribution >= 4 is 5.91 Å². The zero-order valence-electron chi connectivity index (χ0n) is 13.7. The number of piperidine rings is 1. The molecule has 1 heterocycles. The molecule has 3 nitrogen and oxygen atoms in total. The molecule has 0 bridgehead atoms. The van der Waals surface area contributed by atoms with Gasteiger partial charge in [0.1, 0.15) is 0 Å². The highest BCUT2D eigenvalue weighted by Crippen LogP contribution is 2.27. The number of carbonyl (C=O) groups is 1. The SMILES string of the molecule is CNCC1CCCCN1C(=O)c1ccccc1-c1ccccc1. The Hall–Kier alpha value is -2.13. The van der Waals surface area contributed by atoms with Gasteiger partial charge in [0.25, 0.3) is 5.91 Å². The second-order valence-electron chi connectivity index (χ2n) is 6.12. The molecular formula is C20H24N2O. The molecule has 120 valence electrons. The Kier molecular flexibility index (Phi) is 5.09. The summed E-state index contributed by atoms with van der Waals surface area (Å²) in [5.41, 5.74) is 2.92. The summed E-state index contributed by atoms with van der Waals surface area (Å²) in [6.45, 7) is 1.72. The molecule has 1 atom stereocenters. The Labute approximate surface area is 138 Å². The summed E-state index contributed by atoms with van der Waals surface area (Å²) in [5, 5.41) is 3.23. The average Bonchev–Trinajstić information content (AvgIpc) is 2.63. The molecular weight excluding hydrogens is 284 g/mol. The topological polar surface area (TPSA) is 32.3 Å². The molecule has 3 rings (SSSR count). The molecule has 1 saturated heterocycles. The van der Waals surface area contributed by atoms with Gasteiger partial charge in [0.05, 0.1) is 0 Å². The van der Waals surface area contributed by atoms with Crippen LogP contribution in [0.2, 0.25) is 0 Å². The van der Waals surface area contributed by atoms with E-state index in [1.165, 1.54) is 6.42 Å². The van der Waals surface area contributed by atoms with Crippen LogP contribution in [0.4, 0.5) is 0 Å². The minimum atomic E-state index is 0.157. The van der Waals surface area contributed by atoms with Crippen LogP contribution in [0, 0.1) is 0 Å². The quantitative estimate of drug-likeness (QED) is 0.936. The number of rotatable bonds is 4. The van der Waals surface area contributed by atoms with Crippen molar-refractivity contribution in [1.82, 2.24) is 10.2 Å². The number of likely N-dealkylation sites (N-methyl/N-ethyl adjacent to an activating group) is 1. The van der Waals surface area contributed by atoms with Crippen LogP contribution in [0.1, 0.15) is 29.6 Å². The second-order valence-corrected chi connectivity index (χ2v) is 6.12. The number of nitrogens with zero attached hydrogens (tertiary/aromatic N) is 1. The first kappa shape index (κ1) is 15.8. The fourth-order valence-corrected chi connectivity index (χ4v) is 3.41. The molecule has 1 N–H and O–H groups in total. The van der Waals surface area contributed by atoms with E-state index in [1.54, 1.807) is 0 Å². The molecule has 1 fully saturated rings. The lowest BCUT2D eigenvalue weighted by atomic mass is 9.96. The van der Waals surface area contributed by atoms with E-state index in [2.05, 4.69) is 22.3 Å². The van der Waals surface area contributed by atoms with Crippen LogP contribution in [0.3, 0.4) is 0 Å². The smallest absolute Gasteiger partial charge is 0.254 e. The van der Waals surface area contributed by atoms with Crippen LogP contribution in [0.5, 0.6) is 0 Å². The lowest BCUT2D eigenvalue weighted by Crippen LogP contribution is -2.48. The summed E-state index contributed by atoms with van der Waals surface area (Å²) in [4.78, 5) is 15.2. The van der Waals surface area contributed by atoms with Crippen molar-refractivity contribution in [2.75, 3.05) is 20.1 Å². The fourth-order valence-electron chi connectivity index (χ4n) is 3.41. The van der Waals surface area contributed by atoms with Gasteiger partial charge in [-0.05, 0) is 43.5 Å². The molecule has 0 radical (unpaired) electrons. The van der Waals surface area contributed by atoms with Gasteiger partial charge in [-0.15, -0.1) is 0 Å². The Bertz CT molecular complexity index is 652. The Morgan fingerprint density at radius 3 is 2.61 bits per heavy atom. The van der Waals surface area contributed by atoms with E-state index in [0.29, 0.717) is 6.04 Å². The van der Waals surface area contributed by atoms with Crippen molar-refractivity contribution in [3.63, 3.8) is 0 Å². The summed E-state index contributed by atoms with van der Waals surface area (Å²) in [7, 11) is 1.95. The van der Waals surface area contributed by atoms with Crippen LogP contribution in [-0.2, 0) is 0 Å². The van der Waals surface area contributed by atoms with Gasteiger partial charge in [-0.25, -0.2) is 0 Å². The molecule has 0 spiro atoms. The third-order valence-corrected chi connectivity index (χ3v) is 4.57. The summed E-state index contributed by atoms with van der Waals surface area (Å²) < 4.78 is 0. The lowest BCUT2D eigenvalue weighted by Gasteiger charge is -2.36. The van der Waals surface area contributed by atoms with Gasteiger partial charge in [-0.1, -0.05) is 48.5 Å². The fraction of sp³-hybridized carbons (Fsp3) is 0.350. The van der Waals surface area contributed by atoms with Gasteiger partial charge in [-0.2, -0.15) is 0 Å². The molecule has 1 aliphatic heterocycles. The van der Waals surface area contributed by atoms with Gasteiger partial charge in [0.2, 0.25) is 0 Å². The van der Waals surface area contributed by atoms with Crippen molar-refractivity contribution in [3.8, 4) is 11.1 Å². The van der Waals surface area contributed by atoms with Gasteiger partial charge >= 0.3 is 0 Å². The number of hydrogen-bond acceptors (Lipinski definition) is 2. The molecule has 1 amide bonds. The van der Waals surface area contributed by atoms with Crippen molar-refractivity contribution in [2.45, 2.75) is 25.3 Å². The van der Waals surface area contributed by atoms with E-state index < -0.39 is 0 Å². The predicted molar refractivity (Wildman–Crippen MR) is 94.5 cm³/mol. The molecule has 1 aliphatic rings. The van der Waals surface area contributed by atoms with Crippen LogP contribution in [0.15, 0.2) is 54.6 Å². The van der Waals surface area contributed by atoms with Crippen molar-refractivity contribution in [1.29, 1.82) is 0 Å². The van der Waals surface area contributed by atoms with E-state index in [-0.39, 0.29) is 5.91 Å². The van der Waals surface area contributed by atoms with Crippen molar-refractivity contribution < 1.29 is 4.79 Å². The highest BCUT2D eigenvalue weighted by molar-refractivity contribution is 6.01. The van der Waals surface area contributed by atoms with Gasteiger partial charge in [0.15, 0.2) is 0 Å². The minimum Gasteiger partial charge on any atom is -0.334 e. The summed E-state index contributed by atoms with van der Waals surface area (Å²) in [6.07, 6.45) is 3.38. The monoisotopic (exact) mass is 308 g/mol. The third kappa shape index (κ3) is 3.45. The lowest BCUT2D eigenvalue weighted by molar-refractivity contribution is 0.0616. The van der Waals surface area contributed by atoms with E-state index in [1.807, 2.05) is 49.5 Å². The molecule has 0 aliphatic carbocycles. The number of likely N-dealkylation sites (tertiary alicyclic amines) is 1. The van der Waals surface area contributed by atoms with Gasteiger partial charge in [-0.3, -0.25) is 4.79 Å². The number of benzene rings is 2. The third-order valence-electron chi connectivity index (χ3n) is 4.57. The van der Waals surface area contributed by atoms with Crippen molar-refractivity contribution in [2.24, 2.45) is 0 Å². The maximum atomic E-state index is 13.2. The molecule has 2 aromatic rings. The van der Waals surface area contributed by atoms with Crippen LogP contribution < -0.4 is 5.32 Å². The van der Waals surface area contributed by atoms with E-state index in [0.717, 1.165) is 42.6 Å². The minimum absolute atomic E-state index is 0.157. The van der Waals surface area contributed by atoms with E-state index >= 15 is 0 Å². The van der Waals surface area contributed by atoms with Crippen molar-refractivity contribution in [3.05, 3.63) is 60.2 Å². The molecule has 23 heavy (non-hydrogen) atoms. The predicted octanol–water partition coefficient (Wildman–Crippen LogP) is 3.57. The molecule has 1 unspecified atom stereocenters. The number of carbonyl (C=O) groups excluding carboxylic acids is 1. The first-order valence-electron chi connectivity index (χ1n) is 8.41. The van der Waals surface area contributed by atoms with Crippen LogP contribution in [0.25, 0.3) is 11.1 Å². The number of hydrogen-bond donors (Lipinski definition) is 1. The average molecular weight is 308 g/mol. The normalized spacial score (nSPS) is 18.0. The molecule has 3 heteroatoms.